The lowest BCUT2D eigenvalue weighted by Gasteiger charge is -2.14. The van der Waals surface area contributed by atoms with Gasteiger partial charge in [0.25, 0.3) is 0 Å². The van der Waals surface area contributed by atoms with Crippen LogP contribution in [0.2, 0.25) is 0 Å². The summed E-state index contributed by atoms with van der Waals surface area (Å²) in [7, 11) is 0. The fraction of sp³-hybridized carbons (Fsp3) is 0.455. The molecule has 1 aromatic rings. The maximum absolute atomic E-state index is 13.0. The minimum Gasteiger partial charge on any atom is -0.389 e. The fourth-order valence-corrected chi connectivity index (χ4v) is 2.06. The van der Waals surface area contributed by atoms with Crippen molar-refractivity contribution in [3.8, 4) is 0 Å². The third-order valence-electron chi connectivity index (χ3n) is 2.60. The smallest absolute Gasteiger partial charge is 0.137 e. The number of hydrogen-bond donors (Lipinski definition) is 2. The first-order valence-electron chi connectivity index (χ1n) is 5.10. The second kappa shape index (κ2) is 5.23. The molecular formula is C11H13BrFNO2. The van der Waals surface area contributed by atoms with E-state index in [9.17, 15) is 9.50 Å². The Morgan fingerprint density at radius 3 is 2.94 bits per heavy atom. The third-order valence-corrected chi connectivity index (χ3v) is 3.21. The van der Waals surface area contributed by atoms with E-state index in [1.54, 1.807) is 12.1 Å². The summed E-state index contributed by atoms with van der Waals surface area (Å²) in [5.41, 5.74) is 0.965. The van der Waals surface area contributed by atoms with Crippen molar-refractivity contribution < 1.29 is 14.2 Å². The summed E-state index contributed by atoms with van der Waals surface area (Å²) in [5.74, 6) is -0.270. The number of ether oxygens (including phenoxy) is 1. The number of benzene rings is 1. The van der Waals surface area contributed by atoms with Crippen molar-refractivity contribution in [1.82, 2.24) is 5.32 Å². The van der Waals surface area contributed by atoms with Crippen LogP contribution in [0.25, 0.3) is 0 Å². The van der Waals surface area contributed by atoms with Crippen molar-refractivity contribution in [2.24, 2.45) is 0 Å². The predicted octanol–water partition coefficient (Wildman–Crippen LogP) is 1.44. The SMILES string of the molecule is OC1COCC1NCc1ccc(F)c(Br)c1. The molecule has 0 radical (unpaired) electrons. The Kier molecular flexibility index (Phi) is 3.91. The molecule has 0 bridgehead atoms. The van der Waals surface area contributed by atoms with E-state index in [0.717, 1.165) is 5.56 Å². The second-order valence-electron chi connectivity index (χ2n) is 3.84. The molecule has 1 aliphatic heterocycles. The van der Waals surface area contributed by atoms with Gasteiger partial charge in [0, 0.05) is 6.54 Å². The molecule has 0 amide bonds. The van der Waals surface area contributed by atoms with E-state index in [4.69, 9.17) is 4.74 Å². The maximum atomic E-state index is 13.0. The van der Waals surface area contributed by atoms with Gasteiger partial charge in [-0.15, -0.1) is 0 Å². The van der Waals surface area contributed by atoms with E-state index in [0.29, 0.717) is 24.2 Å². The normalized spacial score (nSPS) is 24.9. The Hall–Kier alpha value is -0.490. The molecule has 88 valence electrons. The Labute approximate surface area is 102 Å². The molecule has 2 atom stereocenters. The van der Waals surface area contributed by atoms with E-state index in [1.165, 1.54) is 6.07 Å². The van der Waals surface area contributed by atoms with Gasteiger partial charge in [0.15, 0.2) is 0 Å². The Morgan fingerprint density at radius 2 is 2.31 bits per heavy atom. The fourth-order valence-electron chi connectivity index (χ4n) is 1.64. The highest BCUT2D eigenvalue weighted by Crippen LogP contribution is 2.17. The minimum absolute atomic E-state index is 0.0381. The van der Waals surface area contributed by atoms with Crippen molar-refractivity contribution in [2.45, 2.75) is 18.7 Å². The largest absolute Gasteiger partial charge is 0.389 e. The lowest BCUT2D eigenvalue weighted by Crippen LogP contribution is -2.38. The van der Waals surface area contributed by atoms with Gasteiger partial charge in [-0.25, -0.2) is 4.39 Å². The number of rotatable bonds is 3. The summed E-state index contributed by atoms with van der Waals surface area (Å²) < 4.78 is 18.5. The second-order valence-corrected chi connectivity index (χ2v) is 4.69. The Morgan fingerprint density at radius 1 is 1.50 bits per heavy atom. The number of hydrogen-bond acceptors (Lipinski definition) is 3. The molecule has 3 nitrogen and oxygen atoms in total. The number of aliphatic hydroxyl groups excluding tert-OH is 1. The zero-order valence-electron chi connectivity index (χ0n) is 8.62. The molecular weight excluding hydrogens is 277 g/mol. The molecule has 0 aliphatic carbocycles. The molecule has 0 spiro atoms. The van der Waals surface area contributed by atoms with Gasteiger partial charge in [-0.3, -0.25) is 0 Å². The standard InChI is InChI=1S/C11H13BrFNO2/c12-8-3-7(1-2-9(8)13)4-14-10-5-16-6-11(10)15/h1-3,10-11,14-15H,4-6H2. The molecule has 1 heterocycles. The van der Waals surface area contributed by atoms with E-state index >= 15 is 0 Å². The van der Waals surface area contributed by atoms with Gasteiger partial charge in [0.05, 0.1) is 29.8 Å². The van der Waals surface area contributed by atoms with Crippen LogP contribution >= 0.6 is 15.9 Å². The lowest BCUT2D eigenvalue weighted by molar-refractivity contribution is 0.122. The molecule has 2 unspecified atom stereocenters. The molecule has 1 aromatic carbocycles. The Bertz CT molecular complexity index is 375. The highest BCUT2D eigenvalue weighted by molar-refractivity contribution is 9.10. The maximum Gasteiger partial charge on any atom is 0.137 e. The van der Waals surface area contributed by atoms with E-state index in [2.05, 4.69) is 21.2 Å². The van der Waals surface area contributed by atoms with Crippen molar-refractivity contribution in [3.63, 3.8) is 0 Å². The van der Waals surface area contributed by atoms with Gasteiger partial charge >= 0.3 is 0 Å². The van der Waals surface area contributed by atoms with Crippen LogP contribution < -0.4 is 5.32 Å². The summed E-state index contributed by atoms with van der Waals surface area (Å²) in [5, 5.41) is 12.7. The van der Waals surface area contributed by atoms with E-state index < -0.39 is 6.10 Å². The molecule has 1 saturated heterocycles. The highest BCUT2D eigenvalue weighted by Gasteiger charge is 2.25. The van der Waals surface area contributed by atoms with Gasteiger partial charge < -0.3 is 15.2 Å². The van der Waals surface area contributed by atoms with Gasteiger partial charge in [-0.1, -0.05) is 6.07 Å². The van der Waals surface area contributed by atoms with Crippen LogP contribution in [-0.4, -0.2) is 30.5 Å². The summed E-state index contributed by atoms with van der Waals surface area (Å²) in [4.78, 5) is 0. The zero-order chi connectivity index (χ0) is 11.5. The average Bonchev–Trinajstić information content (AvgIpc) is 2.66. The molecule has 0 aromatic heterocycles. The minimum atomic E-state index is -0.455. The summed E-state index contributed by atoms with van der Waals surface area (Å²) in [6.07, 6.45) is -0.455. The van der Waals surface area contributed by atoms with Crippen LogP contribution in [0.15, 0.2) is 22.7 Å². The molecule has 0 saturated carbocycles. The van der Waals surface area contributed by atoms with Gasteiger partial charge in [-0.05, 0) is 33.6 Å². The molecule has 2 rings (SSSR count). The molecule has 1 fully saturated rings. The quantitative estimate of drug-likeness (QED) is 0.885. The van der Waals surface area contributed by atoms with Crippen LogP contribution in [0.4, 0.5) is 4.39 Å². The van der Waals surface area contributed by atoms with Crippen molar-refractivity contribution >= 4 is 15.9 Å². The van der Waals surface area contributed by atoms with Crippen LogP contribution in [0.5, 0.6) is 0 Å². The lowest BCUT2D eigenvalue weighted by atomic mass is 10.2. The number of halogens is 2. The van der Waals surface area contributed by atoms with Crippen molar-refractivity contribution in [1.29, 1.82) is 0 Å². The van der Waals surface area contributed by atoms with Crippen molar-refractivity contribution in [2.75, 3.05) is 13.2 Å². The average molecular weight is 290 g/mol. The predicted molar refractivity (Wildman–Crippen MR) is 61.6 cm³/mol. The molecule has 1 aliphatic rings. The molecule has 16 heavy (non-hydrogen) atoms. The van der Waals surface area contributed by atoms with Crippen molar-refractivity contribution in [3.05, 3.63) is 34.1 Å². The topological polar surface area (TPSA) is 41.5 Å². The van der Waals surface area contributed by atoms with Crippen LogP contribution in [0.1, 0.15) is 5.56 Å². The molecule has 5 heteroatoms. The van der Waals surface area contributed by atoms with Gasteiger partial charge in [0.1, 0.15) is 5.82 Å². The number of nitrogens with one attached hydrogen (secondary N) is 1. The first-order valence-corrected chi connectivity index (χ1v) is 5.89. The highest BCUT2D eigenvalue weighted by atomic mass is 79.9. The zero-order valence-corrected chi connectivity index (χ0v) is 10.2. The number of aliphatic hydroxyl groups is 1. The first-order chi connectivity index (χ1) is 7.66. The van der Waals surface area contributed by atoms with Crippen LogP contribution in [0, 0.1) is 5.82 Å². The summed E-state index contributed by atoms with van der Waals surface area (Å²) in [6.45, 7) is 1.48. The van der Waals surface area contributed by atoms with Crippen LogP contribution in [0.3, 0.4) is 0 Å². The molecule has 2 N–H and O–H groups in total. The summed E-state index contributed by atoms with van der Waals surface area (Å²) in [6, 6.07) is 4.83. The Balaban J connectivity index is 1.91. The first kappa shape index (κ1) is 12.0. The van der Waals surface area contributed by atoms with Gasteiger partial charge in [0.2, 0.25) is 0 Å². The van der Waals surface area contributed by atoms with E-state index in [1.807, 2.05) is 0 Å². The van der Waals surface area contributed by atoms with Gasteiger partial charge in [-0.2, -0.15) is 0 Å². The third kappa shape index (κ3) is 2.79. The van der Waals surface area contributed by atoms with Crippen LogP contribution in [-0.2, 0) is 11.3 Å². The monoisotopic (exact) mass is 289 g/mol. The van der Waals surface area contributed by atoms with E-state index in [-0.39, 0.29) is 11.9 Å². The summed E-state index contributed by atoms with van der Waals surface area (Å²) >= 11 is 3.13.